The summed E-state index contributed by atoms with van der Waals surface area (Å²) in [6.45, 7) is 0. The molecule has 0 amide bonds. The highest BCUT2D eigenvalue weighted by molar-refractivity contribution is 6.30. The molecule has 214 valence electrons. The molecule has 0 atom stereocenters. The highest BCUT2D eigenvalue weighted by Gasteiger charge is 2.48. The lowest BCUT2D eigenvalue weighted by Gasteiger charge is -2.38. The molecule has 8 rings (SSSR count). The van der Waals surface area contributed by atoms with Gasteiger partial charge in [-0.15, -0.1) is 0 Å². The average molecular weight is 596 g/mol. The van der Waals surface area contributed by atoms with E-state index in [1.165, 1.54) is 44.5 Å². The summed E-state index contributed by atoms with van der Waals surface area (Å²) in [5.74, 6) is 0. The summed E-state index contributed by atoms with van der Waals surface area (Å²) < 4.78 is 0. The maximum Gasteiger partial charge on any atom is 0.0734 e. The molecule has 0 saturated carbocycles. The molecule has 0 spiro atoms. The lowest BCUT2D eigenvalue weighted by molar-refractivity contribution is 0.768. The Kier molecular flexibility index (Phi) is 6.82. The second-order valence-corrected chi connectivity index (χ2v) is 11.9. The van der Waals surface area contributed by atoms with Gasteiger partial charge in [0, 0.05) is 22.0 Å². The third-order valence-corrected chi connectivity index (χ3v) is 9.23. The van der Waals surface area contributed by atoms with Crippen LogP contribution in [-0.4, -0.2) is 0 Å². The fourth-order valence-electron chi connectivity index (χ4n) is 7.14. The Balaban J connectivity index is 1.44. The molecular weight excluding hydrogens is 566 g/mol. The van der Waals surface area contributed by atoms with E-state index in [0.29, 0.717) is 5.02 Å². The number of halogens is 1. The predicted molar refractivity (Wildman–Crippen MR) is 189 cm³/mol. The molecule has 0 fully saturated rings. The van der Waals surface area contributed by atoms with Crippen LogP contribution in [0.5, 0.6) is 0 Å². The monoisotopic (exact) mass is 595 g/mol. The van der Waals surface area contributed by atoms with Crippen molar-refractivity contribution in [3.63, 3.8) is 0 Å². The summed E-state index contributed by atoms with van der Waals surface area (Å²) in [6.07, 6.45) is 0. The molecule has 0 aromatic heterocycles. The summed E-state index contributed by atoms with van der Waals surface area (Å²) in [5.41, 5.74) is 12.5. The Morgan fingerprint density at radius 3 is 1.64 bits per heavy atom. The summed E-state index contributed by atoms with van der Waals surface area (Å²) >= 11 is 6.68. The van der Waals surface area contributed by atoms with E-state index in [-0.39, 0.29) is 0 Å². The fraction of sp³-hybridized carbons (Fsp3) is 0.0233. The van der Waals surface area contributed by atoms with Crippen molar-refractivity contribution in [3.05, 3.63) is 209 Å². The van der Waals surface area contributed by atoms with Crippen LogP contribution in [-0.2, 0) is 5.41 Å². The minimum atomic E-state index is -0.536. The van der Waals surface area contributed by atoms with Crippen molar-refractivity contribution in [2.45, 2.75) is 5.41 Å². The van der Waals surface area contributed by atoms with Crippen molar-refractivity contribution in [2.75, 3.05) is 4.90 Å². The first-order valence-corrected chi connectivity index (χ1v) is 15.7. The van der Waals surface area contributed by atoms with E-state index < -0.39 is 5.41 Å². The van der Waals surface area contributed by atoms with Crippen LogP contribution in [0.15, 0.2) is 182 Å². The molecule has 0 bridgehead atoms. The molecule has 0 N–H and O–H groups in total. The minimum Gasteiger partial charge on any atom is -0.310 e. The molecule has 1 aliphatic rings. The van der Waals surface area contributed by atoms with Crippen molar-refractivity contribution >= 4 is 28.7 Å². The van der Waals surface area contributed by atoms with E-state index in [9.17, 15) is 0 Å². The third-order valence-electron chi connectivity index (χ3n) is 8.99. The Morgan fingerprint density at radius 1 is 0.422 bits per heavy atom. The molecular formula is C43H30ClN. The zero-order chi connectivity index (χ0) is 30.2. The van der Waals surface area contributed by atoms with Gasteiger partial charge in [-0.1, -0.05) is 157 Å². The molecule has 7 aromatic rings. The minimum absolute atomic E-state index is 0.536. The normalized spacial score (nSPS) is 12.7. The number of hydrogen-bond acceptors (Lipinski definition) is 1. The Morgan fingerprint density at radius 2 is 0.978 bits per heavy atom. The maximum atomic E-state index is 6.68. The van der Waals surface area contributed by atoms with Gasteiger partial charge in [-0.25, -0.2) is 0 Å². The molecule has 7 aromatic carbocycles. The van der Waals surface area contributed by atoms with Gasteiger partial charge < -0.3 is 4.90 Å². The van der Waals surface area contributed by atoms with Crippen LogP contribution in [0.4, 0.5) is 17.1 Å². The van der Waals surface area contributed by atoms with E-state index >= 15 is 0 Å². The molecule has 0 saturated heterocycles. The summed E-state index contributed by atoms with van der Waals surface area (Å²) in [6, 6.07) is 65.1. The van der Waals surface area contributed by atoms with Crippen molar-refractivity contribution in [1.82, 2.24) is 0 Å². The summed E-state index contributed by atoms with van der Waals surface area (Å²) in [5, 5.41) is 0.701. The standard InChI is InChI=1S/C43H30ClN/c44-35-20-12-21-37(30-35)45(36-28-26-32(27-29-36)31-14-4-1-5-15-31)41-25-13-23-39-38-22-10-11-24-40(38)43(42(39)41,33-16-6-2-7-17-33)34-18-8-3-9-19-34/h1-30H. The summed E-state index contributed by atoms with van der Waals surface area (Å²) in [7, 11) is 0. The van der Waals surface area contributed by atoms with E-state index in [1.807, 2.05) is 12.1 Å². The second-order valence-electron chi connectivity index (χ2n) is 11.5. The van der Waals surface area contributed by atoms with Crippen molar-refractivity contribution < 1.29 is 0 Å². The third kappa shape index (κ3) is 4.47. The Bertz CT molecular complexity index is 2060. The number of nitrogens with zero attached hydrogens (tertiary/aromatic N) is 1. The SMILES string of the molecule is Clc1cccc(N(c2ccc(-c3ccccc3)cc2)c2cccc3c2C(c2ccccc2)(c2ccccc2)c2ccccc2-3)c1. The second kappa shape index (κ2) is 11.3. The molecule has 0 radical (unpaired) electrons. The predicted octanol–water partition coefficient (Wildman–Crippen LogP) is 11.8. The van der Waals surface area contributed by atoms with Gasteiger partial charge >= 0.3 is 0 Å². The fourth-order valence-corrected chi connectivity index (χ4v) is 7.33. The average Bonchev–Trinajstić information content (AvgIpc) is 3.42. The van der Waals surface area contributed by atoms with E-state index in [2.05, 4.69) is 175 Å². The number of hydrogen-bond donors (Lipinski definition) is 0. The summed E-state index contributed by atoms with van der Waals surface area (Å²) in [4.78, 5) is 2.37. The first-order chi connectivity index (χ1) is 22.2. The van der Waals surface area contributed by atoms with Crippen molar-refractivity contribution in [2.24, 2.45) is 0 Å². The lowest BCUT2D eigenvalue weighted by Crippen LogP contribution is -2.30. The number of fused-ring (bicyclic) bond motifs is 3. The van der Waals surface area contributed by atoms with Crippen molar-refractivity contribution in [3.8, 4) is 22.3 Å². The quantitative estimate of drug-likeness (QED) is 0.185. The van der Waals surface area contributed by atoms with Crippen LogP contribution < -0.4 is 4.90 Å². The number of benzene rings is 7. The smallest absolute Gasteiger partial charge is 0.0734 e. The molecule has 1 aliphatic carbocycles. The van der Waals surface area contributed by atoms with Gasteiger partial charge in [0.1, 0.15) is 0 Å². The zero-order valence-electron chi connectivity index (χ0n) is 24.6. The lowest BCUT2D eigenvalue weighted by atomic mass is 9.67. The number of anilines is 3. The van der Waals surface area contributed by atoms with E-state index in [4.69, 9.17) is 11.6 Å². The zero-order valence-corrected chi connectivity index (χ0v) is 25.4. The van der Waals surface area contributed by atoms with Gasteiger partial charge in [0.15, 0.2) is 0 Å². The number of rotatable bonds is 6. The Hall–Kier alpha value is -5.37. The van der Waals surface area contributed by atoms with Gasteiger partial charge in [-0.2, -0.15) is 0 Å². The highest BCUT2D eigenvalue weighted by atomic mass is 35.5. The maximum absolute atomic E-state index is 6.68. The molecule has 1 nitrogen and oxygen atoms in total. The van der Waals surface area contributed by atoms with Gasteiger partial charge in [0.25, 0.3) is 0 Å². The molecule has 45 heavy (non-hydrogen) atoms. The molecule has 2 heteroatoms. The largest absolute Gasteiger partial charge is 0.310 e. The van der Waals surface area contributed by atoms with Gasteiger partial charge in [0.05, 0.1) is 11.1 Å². The first kappa shape index (κ1) is 27.2. The molecule has 0 aliphatic heterocycles. The highest BCUT2D eigenvalue weighted by Crippen LogP contribution is 2.60. The van der Waals surface area contributed by atoms with Crippen LogP contribution in [0.3, 0.4) is 0 Å². The first-order valence-electron chi connectivity index (χ1n) is 15.3. The van der Waals surface area contributed by atoms with Gasteiger partial charge in [-0.05, 0) is 75.3 Å². The van der Waals surface area contributed by atoms with E-state index in [1.54, 1.807) is 0 Å². The van der Waals surface area contributed by atoms with Gasteiger partial charge in [-0.3, -0.25) is 0 Å². The van der Waals surface area contributed by atoms with E-state index in [0.717, 1.165) is 17.1 Å². The van der Waals surface area contributed by atoms with Crippen LogP contribution in [0, 0.1) is 0 Å². The van der Waals surface area contributed by atoms with Gasteiger partial charge in [0.2, 0.25) is 0 Å². The van der Waals surface area contributed by atoms with Crippen LogP contribution >= 0.6 is 11.6 Å². The molecule has 0 unspecified atom stereocenters. The molecule has 0 heterocycles. The topological polar surface area (TPSA) is 3.24 Å². The Labute approximate surface area is 269 Å². The van der Waals surface area contributed by atoms with Crippen LogP contribution in [0.25, 0.3) is 22.3 Å². The van der Waals surface area contributed by atoms with Crippen molar-refractivity contribution in [1.29, 1.82) is 0 Å². The van der Waals surface area contributed by atoms with Crippen LogP contribution in [0.1, 0.15) is 22.3 Å². The van der Waals surface area contributed by atoms with Crippen LogP contribution in [0.2, 0.25) is 5.02 Å².